The summed E-state index contributed by atoms with van der Waals surface area (Å²) in [6, 6.07) is 26.1. The van der Waals surface area contributed by atoms with Gasteiger partial charge in [0, 0.05) is 19.2 Å². The molecule has 3 N–H and O–H groups in total. The summed E-state index contributed by atoms with van der Waals surface area (Å²) in [5.74, 6) is 0.501. The zero-order valence-electron chi connectivity index (χ0n) is 28.0. The van der Waals surface area contributed by atoms with E-state index in [4.69, 9.17) is 10.3 Å². The van der Waals surface area contributed by atoms with Gasteiger partial charge in [-0.1, -0.05) is 71.8 Å². The lowest BCUT2D eigenvalue weighted by molar-refractivity contribution is -0.510. The van der Waals surface area contributed by atoms with E-state index in [2.05, 4.69) is 73.9 Å². The van der Waals surface area contributed by atoms with E-state index >= 15 is 0 Å². The highest BCUT2D eigenvalue weighted by Crippen LogP contribution is 2.12. The van der Waals surface area contributed by atoms with Crippen molar-refractivity contribution < 1.29 is 30.3 Å². The fourth-order valence-electron chi connectivity index (χ4n) is 4.81. The molecule has 50 heavy (non-hydrogen) atoms. The maximum Gasteiger partial charge on any atom is 0.294 e. The number of hydrogen-bond donors (Lipinski definition) is 2. The third-order valence-electron chi connectivity index (χ3n) is 7.68. The van der Waals surface area contributed by atoms with E-state index in [1.54, 1.807) is 30.5 Å². The van der Waals surface area contributed by atoms with E-state index < -0.39 is 20.2 Å². The van der Waals surface area contributed by atoms with Crippen molar-refractivity contribution in [3.63, 3.8) is 0 Å². The number of aromatic nitrogens is 2. The lowest BCUT2D eigenvalue weighted by atomic mass is 10.1. The van der Waals surface area contributed by atoms with Gasteiger partial charge in [0.2, 0.25) is 5.96 Å². The maximum absolute atomic E-state index is 10.5. The summed E-state index contributed by atoms with van der Waals surface area (Å²) in [5, 5.41) is 8.22. The molecule has 1 saturated heterocycles. The van der Waals surface area contributed by atoms with Gasteiger partial charge in [-0.2, -0.15) is 13.5 Å². The molecule has 12 nitrogen and oxygen atoms in total. The molecule has 0 atom stereocenters. The summed E-state index contributed by atoms with van der Waals surface area (Å²) >= 11 is 0. The van der Waals surface area contributed by atoms with Crippen molar-refractivity contribution in [3.05, 3.63) is 131 Å². The average molecular weight is 717 g/mol. The molecule has 3 heterocycles. The third kappa shape index (κ3) is 11.2. The van der Waals surface area contributed by atoms with Gasteiger partial charge in [0.05, 0.1) is 29.3 Å². The van der Waals surface area contributed by atoms with Crippen LogP contribution in [-0.2, 0) is 27.3 Å². The van der Waals surface area contributed by atoms with Crippen LogP contribution in [0, 0.1) is 13.8 Å². The number of nitrogens with two attached hydrogens (primary N) is 1. The van der Waals surface area contributed by atoms with Gasteiger partial charge in [0.1, 0.15) is 16.3 Å². The predicted molar refractivity (Wildman–Crippen MR) is 194 cm³/mol. The predicted octanol–water partition coefficient (Wildman–Crippen LogP) is 4.82. The molecule has 0 unspecified atom stereocenters. The van der Waals surface area contributed by atoms with Crippen LogP contribution in [0.3, 0.4) is 0 Å². The minimum atomic E-state index is -4.27. The van der Waals surface area contributed by atoms with Gasteiger partial charge in [-0.3, -0.25) is 4.55 Å². The molecule has 0 amide bonds. The van der Waals surface area contributed by atoms with Crippen molar-refractivity contribution in [2.45, 2.75) is 36.5 Å². The molecule has 1 aliphatic heterocycles. The number of likely N-dealkylation sites (tertiary alicyclic amines) is 1. The van der Waals surface area contributed by atoms with E-state index in [0.717, 1.165) is 46.7 Å². The zero-order valence-corrected chi connectivity index (χ0v) is 29.6. The van der Waals surface area contributed by atoms with Crippen molar-refractivity contribution in [2.75, 3.05) is 13.1 Å². The fraction of sp³-hybridized carbons (Fsp3) is 0.194. The van der Waals surface area contributed by atoms with Crippen LogP contribution in [-0.4, -0.2) is 60.7 Å². The molecule has 0 spiro atoms. The number of imidazole rings is 1. The van der Waals surface area contributed by atoms with Crippen LogP contribution in [0.1, 0.15) is 40.8 Å². The number of benzene rings is 3. The van der Waals surface area contributed by atoms with Crippen molar-refractivity contribution in [2.24, 2.45) is 23.0 Å². The Kier molecular flexibility index (Phi) is 12.8. The van der Waals surface area contributed by atoms with Gasteiger partial charge < -0.3 is 15.2 Å². The number of pyridine rings is 1. The van der Waals surface area contributed by atoms with E-state index in [0.29, 0.717) is 5.96 Å². The summed E-state index contributed by atoms with van der Waals surface area (Å²) in [7, 11) is -6.22. The first-order valence-electron chi connectivity index (χ1n) is 15.6. The van der Waals surface area contributed by atoms with E-state index in [1.165, 1.54) is 37.1 Å². The number of rotatable bonds is 6. The standard InChI is InChI=1S/C22H25N6.2C7H8O3S/c1-26-20(17-28-15-3-2-6-21(26)28)12-11-18-7-9-19(10-8-18)16-24-25-22(23)27-13-4-5-14-27;2*1-6-2-4-7(5-3-6)11(8,9)10/h2-3,6-12,15-17H,4-5,13-14H2,1H3,(H2,23,25);2*2-5H,1H3,(H,8,9,10)/q+1;;/p-1/b12-11+,24-16+;;. The number of hydrogen-bond acceptors (Lipinski definition) is 7. The minimum absolute atomic E-state index is 0.0666. The molecule has 0 bridgehead atoms. The van der Waals surface area contributed by atoms with Gasteiger partial charge in [-0.25, -0.2) is 17.4 Å². The second-order valence-electron chi connectivity index (χ2n) is 11.5. The molecule has 0 radical (unpaired) electrons. The van der Waals surface area contributed by atoms with Crippen LogP contribution in [0.15, 0.2) is 123 Å². The normalized spacial score (nSPS) is 13.7. The summed E-state index contributed by atoms with van der Waals surface area (Å²) in [6.45, 7) is 5.61. The molecule has 0 aliphatic carbocycles. The monoisotopic (exact) mass is 716 g/mol. The van der Waals surface area contributed by atoms with E-state index in [-0.39, 0.29) is 9.79 Å². The molecule has 2 aromatic heterocycles. The second-order valence-corrected chi connectivity index (χ2v) is 14.3. The third-order valence-corrected chi connectivity index (χ3v) is 9.40. The molecule has 1 aliphatic rings. The van der Waals surface area contributed by atoms with Crippen LogP contribution in [0.25, 0.3) is 17.8 Å². The topological polar surface area (TPSA) is 175 Å². The Morgan fingerprint density at radius 1 is 0.820 bits per heavy atom. The molecule has 3 aromatic carbocycles. The largest absolute Gasteiger partial charge is 0.744 e. The van der Waals surface area contributed by atoms with Gasteiger partial charge in [0.25, 0.3) is 15.8 Å². The Labute approximate surface area is 293 Å². The van der Waals surface area contributed by atoms with Gasteiger partial charge in [-0.15, -0.1) is 5.10 Å². The fourth-order valence-corrected chi connectivity index (χ4v) is 5.76. The lowest BCUT2D eigenvalue weighted by Gasteiger charge is -2.13. The van der Waals surface area contributed by atoms with Crippen LogP contribution < -0.4 is 10.1 Å². The van der Waals surface area contributed by atoms with Gasteiger partial charge >= 0.3 is 0 Å². The smallest absolute Gasteiger partial charge is 0.294 e. The SMILES string of the molecule is Cc1ccc(S(=O)(=O)O)cc1.Cc1ccc(S(=O)(=O)[O-])cc1.Cn1c(/C=C/c2ccc(/C=N/N=C(\N)N3CCCC3)cc2)c[n+]2ccccc12. The number of aryl methyl sites for hydroxylation is 3. The Balaban J connectivity index is 0.000000209. The Morgan fingerprint density at radius 2 is 1.38 bits per heavy atom. The number of guanidine groups is 1. The first-order chi connectivity index (χ1) is 23.7. The van der Waals surface area contributed by atoms with Crippen molar-refractivity contribution in [1.29, 1.82) is 0 Å². The van der Waals surface area contributed by atoms with Crippen LogP contribution in [0.5, 0.6) is 0 Å². The average Bonchev–Trinajstić information content (AvgIpc) is 3.73. The van der Waals surface area contributed by atoms with Gasteiger partial charge in [0.15, 0.2) is 5.69 Å². The second kappa shape index (κ2) is 17.0. The highest BCUT2D eigenvalue weighted by molar-refractivity contribution is 7.86. The molecular formula is C36H40N6O6S2. The zero-order chi connectivity index (χ0) is 36.3. The molecule has 14 heteroatoms. The van der Waals surface area contributed by atoms with Crippen LogP contribution in [0.4, 0.5) is 0 Å². The van der Waals surface area contributed by atoms with Crippen molar-refractivity contribution in [1.82, 2.24) is 9.47 Å². The number of nitrogens with zero attached hydrogens (tertiary/aromatic N) is 5. The van der Waals surface area contributed by atoms with E-state index in [9.17, 15) is 21.4 Å². The van der Waals surface area contributed by atoms with Gasteiger partial charge in [-0.05, 0) is 74.2 Å². The molecular weight excluding hydrogens is 677 g/mol. The molecule has 6 rings (SSSR count). The summed E-state index contributed by atoms with van der Waals surface area (Å²) < 4.78 is 65.0. The molecule has 0 saturated carbocycles. The maximum atomic E-state index is 10.5. The highest BCUT2D eigenvalue weighted by atomic mass is 32.2. The van der Waals surface area contributed by atoms with Crippen molar-refractivity contribution in [3.8, 4) is 0 Å². The van der Waals surface area contributed by atoms with Crippen LogP contribution >= 0.6 is 0 Å². The summed E-state index contributed by atoms with van der Waals surface area (Å²) in [6.07, 6.45) is 12.5. The Morgan fingerprint density at radius 3 is 1.92 bits per heavy atom. The van der Waals surface area contributed by atoms with E-state index in [1.807, 2.05) is 38.1 Å². The summed E-state index contributed by atoms with van der Waals surface area (Å²) in [5.41, 5.74) is 12.3. The molecule has 5 aromatic rings. The lowest BCUT2D eigenvalue weighted by Crippen LogP contribution is -2.34. The highest BCUT2D eigenvalue weighted by Gasteiger charge is 2.13. The number of fused-ring (bicyclic) bond motifs is 1. The van der Waals surface area contributed by atoms with Crippen molar-refractivity contribution >= 4 is 50.2 Å². The Hall–Kier alpha value is -5.15. The Bertz CT molecular complexity index is 2110. The quantitative estimate of drug-likeness (QED) is 0.0827. The first-order valence-corrected chi connectivity index (χ1v) is 18.5. The molecule has 262 valence electrons. The minimum Gasteiger partial charge on any atom is -0.744 e. The molecule has 1 fully saturated rings. The van der Waals surface area contributed by atoms with Crippen LogP contribution in [0.2, 0.25) is 0 Å². The first kappa shape index (κ1) is 37.7. The summed E-state index contributed by atoms with van der Waals surface area (Å²) in [4.78, 5) is 1.82.